The number of hydrogen-bond donors (Lipinski definition) is 0. The molecule has 192 valence electrons. The summed E-state index contributed by atoms with van der Waals surface area (Å²) < 4.78 is 2.39. The van der Waals surface area contributed by atoms with E-state index in [0.717, 1.165) is 39.1 Å². The quantitative estimate of drug-likeness (QED) is 0.202. The second kappa shape index (κ2) is 10.5. The summed E-state index contributed by atoms with van der Waals surface area (Å²) in [6.07, 6.45) is 0. The van der Waals surface area contributed by atoms with Gasteiger partial charge in [0.15, 0.2) is 0 Å². The molecule has 0 spiro atoms. The molecule has 6 aromatic carbocycles. The summed E-state index contributed by atoms with van der Waals surface area (Å²) in [5.74, 6) is 0. The molecule has 0 radical (unpaired) electrons. The Morgan fingerprint density at radius 3 is 1.35 bits per heavy atom. The zero-order valence-electron chi connectivity index (χ0n) is 21.6. The number of hydrogen-bond acceptors (Lipinski definition) is 3. The highest BCUT2D eigenvalue weighted by Gasteiger charge is 2.21. The average molecular weight is 553 g/mol. The number of thiophene rings is 1. The molecule has 0 N–H and O–H groups in total. The maximum Gasteiger partial charge on any atom is 0.0661 e. The van der Waals surface area contributed by atoms with Gasteiger partial charge in [0.05, 0.1) is 16.4 Å². The SMILES string of the molecule is Clc1cc2sc3cccc(N(c4ccccc4)c4ccccc4)c3c2cc1N(c1ccccc1)c1ccccc1. The molecule has 7 aromatic rings. The second-order valence-corrected chi connectivity index (χ2v) is 11.1. The van der Waals surface area contributed by atoms with Crippen molar-refractivity contribution in [1.29, 1.82) is 0 Å². The summed E-state index contributed by atoms with van der Waals surface area (Å²) in [5.41, 5.74) is 6.44. The standard InChI is InChI=1S/C36H25ClN2S/c37-31-25-35-30(24-33(31)39(28-18-9-3-10-19-28)29-20-11-4-12-21-29)36-32(22-13-23-34(36)40-35)38(26-14-5-1-6-15-26)27-16-7-2-8-17-27/h1-25H. The normalized spacial score (nSPS) is 11.1. The third-order valence-electron chi connectivity index (χ3n) is 7.08. The van der Waals surface area contributed by atoms with Crippen LogP contribution in [0.5, 0.6) is 0 Å². The van der Waals surface area contributed by atoms with Gasteiger partial charge >= 0.3 is 0 Å². The van der Waals surface area contributed by atoms with Gasteiger partial charge in [-0.25, -0.2) is 0 Å². The van der Waals surface area contributed by atoms with Crippen molar-refractivity contribution in [2.45, 2.75) is 0 Å². The van der Waals surface area contributed by atoms with Crippen molar-refractivity contribution in [1.82, 2.24) is 0 Å². The Kier molecular flexibility index (Phi) is 6.45. The van der Waals surface area contributed by atoms with Crippen molar-refractivity contribution in [2.75, 3.05) is 9.80 Å². The lowest BCUT2D eigenvalue weighted by Gasteiger charge is -2.27. The Balaban J connectivity index is 1.50. The molecule has 1 aromatic heterocycles. The number of anilines is 6. The van der Waals surface area contributed by atoms with Gasteiger partial charge in [0.1, 0.15) is 0 Å². The van der Waals surface area contributed by atoms with E-state index in [9.17, 15) is 0 Å². The van der Waals surface area contributed by atoms with Crippen LogP contribution >= 0.6 is 22.9 Å². The van der Waals surface area contributed by atoms with E-state index in [4.69, 9.17) is 11.6 Å². The molecule has 0 aliphatic heterocycles. The number of rotatable bonds is 6. The molecule has 0 saturated carbocycles. The first kappa shape index (κ1) is 24.5. The van der Waals surface area contributed by atoms with Crippen LogP contribution in [0.3, 0.4) is 0 Å². The molecule has 7 rings (SSSR count). The first-order valence-electron chi connectivity index (χ1n) is 13.2. The van der Waals surface area contributed by atoms with Crippen molar-refractivity contribution in [3.05, 3.63) is 157 Å². The Morgan fingerprint density at radius 2 is 0.875 bits per heavy atom. The summed E-state index contributed by atoms with van der Waals surface area (Å²) in [6.45, 7) is 0. The van der Waals surface area contributed by atoms with Crippen molar-refractivity contribution in [3.63, 3.8) is 0 Å². The number of halogens is 1. The van der Waals surface area contributed by atoms with Gasteiger partial charge in [-0.2, -0.15) is 0 Å². The highest BCUT2D eigenvalue weighted by atomic mass is 35.5. The van der Waals surface area contributed by atoms with Crippen molar-refractivity contribution in [2.24, 2.45) is 0 Å². The first-order chi connectivity index (χ1) is 19.8. The van der Waals surface area contributed by atoms with Crippen molar-refractivity contribution >= 4 is 77.2 Å². The Labute approximate surface area is 242 Å². The summed E-state index contributed by atoms with van der Waals surface area (Å²) in [7, 11) is 0. The molecule has 0 amide bonds. The minimum atomic E-state index is 0.719. The molecule has 0 atom stereocenters. The lowest BCUT2D eigenvalue weighted by atomic mass is 10.1. The van der Waals surface area contributed by atoms with E-state index < -0.39 is 0 Å². The van der Waals surface area contributed by atoms with Gasteiger partial charge in [0.25, 0.3) is 0 Å². The summed E-state index contributed by atoms with van der Waals surface area (Å²) in [6, 6.07) is 52.9. The molecule has 40 heavy (non-hydrogen) atoms. The van der Waals surface area contributed by atoms with Crippen LogP contribution in [0.2, 0.25) is 5.02 Å². The van der Waals surface area contributed by atoms with Crippen LogP contribution in [0.25, 0.3) is 20.2 Å². The maximum absolute atomic E-state index is 7.07. The zero-order valence-corrected chi connectivity index (χ0v) is 23.2. The van der Waals surface area contributed by atoms with Gasteiger partial charge < -0.3 is 9.80 Å². The van der Waals surface area contributed by atoms with Crippen LogP contribution in [0.4, 0.5) is 34.1 Å². The minimum absolute atomic E-state index is 0.719. The van der Waals surface area contributed by atoms with Crippen LogP contribution in [-0.4, -0.2) is 0 Å². The molecule has 2 nitrogen and oxygen atoms in total. The molecule has 0 aliphatic rings. The fraction of sp³-hybridized carbons (Fsp3) is 0. The topological polar surface area (TPSA) is 6.48 Å². The van der Waals surface area contributed by atoms with Crippen molar-refractivity contribution in [3.8, 4) is 0 Å². The summed E-state index contributed by atoms with van der Waals surface area (Å²) in [5, 5.41) is 3.12. The number of benzene rings is 6. The fourth-order valence-corrected chi connectivity index (χ4v) is 6.80. The Bertz CT molecular complexity index is 1820. The molecule has 0 saturated heterocycles. The number of nitrogens with zero attached hydrogens (tertiary/aromatic N) is 2. The largest absolute Gasteiger partial charge is 0.310 e. The van der Waals surface area contributed by atoms with Gasteiger partial charge in [-0.1, -0.05) is 90.5 Å². The second-order valence-electron chi connectivity index (χ2n) is 9.57. The highest BCUT2D eigenvalue weighted by molar-refractivity contribution is 7.26. The molecular formula is C36H25ClN2S. The first-order valence-corrected chi connectivity index (χ1v) is 14.4. The maximum atomic E-state index is 7.07. The molecule has 0 bridgehead atoms. The van der Waals surface area contributed by atoms with Crippen LogP contribution in [0.15, 0.2) is 152 Å². The molecule has 0 aliphatic carbocycles. The van der Waals surface area contributed by atoms with Crippen molar-refractivity contribution < 1.29 is 0 Å². The lowest BCUT2D eigenvalue weighted by molar-refractivity contribution is 1.29. The minimum Gasteiger partial charge on any atom is -0.310 e. The van der Waals surface area contributed by atoms with Crippen LogP contribution in [0.1, 0.15) is 0 Å². The van der Waals surface area contributed by atoms with Gasteiger partial charge in [-0.15, -0.1) is 11.3 Å². The summed E-state index contributed by atoms with van der Waals surface area (Å²) in [4.78, 5) is 4.58. The molecule has 1 heterocycles. The van der Waals surface area contributed by atoms with E-state index in [-0.39, 0.29) is 0 Å². The summed E-state index contributed by atoms with van der Waals surface area (Å²) >= 11 is 8.85. The van der Waals surface area contributed by atoms with E-state index in [1.807, 2.05) is 12.1 Å². The van der Waals surface area contributed by atoms with Crippen LogP contribution < -0.4 is 9.80 Å². The predicted molar refractivity (Wildman–Crippen MR) is 174 cm³/mol. The van der Waals surface area contributed by atoms with Gasteiger partial charge in [-0.3, -0.25) is 0 Å². The monoisotopic (exact) mass is 552 g/mol. The average Bonchev–Trinajstić information content (AvgIpc) is 3.38. The zero-order chi connectivity index (χ0) is 26.9. The van der Waals surface area contributed by atoms with Gasteiger partial charge in [0, 0.05) is 42.9 Å². The highest BCUT2D eigenvalue weighted by Crippen LogP contribution is 2.48. The van der Waals surface area contributed by atoms with E-state index in [2.05, 4.69) is 149 Å². The number of fused-ring (bicyclic) bond motifs is 3. The van der Waals surface area contributed by atoms with E-state index in [1.165, 1.54) is 20.2 Å². The predicted octanol–water partition coefficient (Wildman–Crippen LogP) is 11.6. The Hall–Kier alpha value is -4.57. The van der Waals surface area contributed by atoms with Gasteiger partial charge in [0.2, 0.25) is 0 Å². The number of para-hydroxylation sites is 4. The molecular weight excluding hydrogens is 528 g/mol. The van der Waals surface area contributed by atoms with E-state index >= 15 is 0 Å². The third-order valence-corrected chi connectivity index (χ3v) is 8.50. The van der Waals surface area contributed by atoms with Gasteiger partial charge in [-0.05, 0) is 72.8 Å². The molecule has 4 heteroatoms. The molecule has 0 unspecified atom stereocenters. The van der Waals surface area contributed by atoms with E-state index in [0.29, 0.717) is 0 Å². The van der Waals surface area contributed by atoms with E-state index in [1.54, 1.807) is 11.3 Å². The third kappa shape index (κ3) is 4.40. The Morgan fingerprint density at radius 1 is 0.425 bits per heavy atom. The molecule has 0 fully saturated rings. The lowest BCUT2D eigenvalue weighted by Crippen LogP contribution is -2.10. The van der Waals surface area contributed by atoms with Crippen LogP contribution in [0, 0.1) is 0 Å². The van der Waals surface area contributed by atoms with Crippen LogP contribution in [-0.2, 0) is 0 Å². The fourth-order valence-electron chi connectivity index (χ4n) is 5.34. The smallest absolute Gasteiger partial charge is 0.0661 e.